The normalized spacial score (nSPS) is 19.0. The second-order valence-corrected chi connectivity index (χ2v) is 9.25. The Morgan fingerprint density at radius 3 is 2.54 bits per heavy atom. The molecule has 2 N–H and O–H groups in total. The van der Waals surface area contributed by atoms with Crippen LogP contribution in [0.5, 0.6) is 11.5 Å². The lowest BCUT2D eigenvalue weighted by Crippen LogP contribution is -2.33. The van der Waals surface area contributed by atoms with Gasteiger partial charge in [0.15, 0.2) is 21.3 Å². The number of aliphatic hydroxyl groups excluding tert-OH is 1. The lowest BCUT2D eigenvalue weighted by atomic mass is 10.3. The molecule has 0 aromatic heterocycles. The maximum absolute atomic E-state index is 11.4. The molecule has 9 heteroatoms. The van der Waals surface area contributed by atoms with Gasteiger partial charge in [0.1, 0.15) is 10.9 Å². The summed E-state index contributed by atoms with van der Waals surface area (Å²) in [5.74, 6) is 2.23. The Hall–Kier alpha value is -1.03. The minimum Gasteiger partial charge on any atom is -0.489 e. The molecule has 0 saturated carbocycles. The predicted octanol–water partition coefficient (Wildman–Crippen LogP) is 1.23. The van der Waals surface area contributed by atoms with Crippen molar-refractivity contribution < 1.29 is 23.0 Å². The van der Waals surface area contributed by atoms with Crippen molar-refractivity contribution in [3.63, 3.8) is 0 Å². The number of hydrogen-bond acceptors (Lipinski definition) is 7. The first-order chi connectivity index (χ1) is 11.5. The molecule has 1 aliphatic heterocycles. The number of thioether (sulfide) groups is 1. The highest BCUT2D eigenvalue weighted by molar-refractivity contribution is 8.23. The van der Waals surface area contributed by atoms with Crippen molar-refractivity contribution in [2.24, 2.45) is 0 Å². The molecular formula is C15H21NO5S3. The van der Waals surface area contributed by atoms with Gasteiger partial charge in [-0.05, 0) is 18.6 Å². The van der Waals surface area contributed by atoms with E-state index in [4.69, 9.17) is 26.8 Å². The Morgan fingerprint density at radius 2 is 1.96 bits per heavy atom. The van der Waals surface area contributed by atoms with Crippen LogP contribution >= 0.6 is 24.0 Å². The van der Waals surface area contributed by atoms with E-state index in [1.807, 2.05) is 12.1 Å². The fraction of sp³-hybridized carbons (Fsp3) is 0.533. The molecule has 1 aromatic carbocycles. The molecule has 134 valence electrons. The molecule has 1 saturated heterocycles. The van der Waals surface area contributed by atoms with Gasteiger partial charge in [-0.1, -0.05) is 36.1 Å². The summed E-state index contributed by atoms with van der Waals surface area (Å²) in [7, 11) is -2.90. The third-order valence-electron chi connectivity index (χ3n) is 3.33. The van der Waals surface area contributed by atoms with Crippen LogP contribution in [0.4, 0.5) is 0 Å². The second-order valence-electron chi connectivity index (χ2n) is 5.25. The zero-order chi connectivity index (χ0) is 17.4. The summed E-state index contributed by atoms with van der Waals surface area (Å²) in [6.07, 6.45) is 0.606. The molecule has 1 aliphatic rings. The maximum Gasteiger partial charge on any atom is 0.161 e. The molecule has 24 heavy (non-hydrogen) atoms. The van der Waals surface area contributed by atoms with Crippen molar-refractivity contribution in [3.8, 4) is 11.5 Å². The van der Waals surface area contributed by atoms with E-state index >= 15 is 0 Å². The largest absolute Gasteiger partial charge is 0.489 e. The number of sulfone groups is 1. The number of aliphatic hydroxyl groups is 1. The van der Waals surface area contributed by atoms with Crippen molar-refractivity contribution in [3.05, 3.63) is 24.3 Å². The van der Waals surface area contributed by atoms with Gasteiger partial charge in [-0.3, -0.25) is 0 Å². The minimum atomic E-state index is -2.90. The zero-order valence-electron chi connectivity index (χ0n) is 13.1. The Kier molecular flexibility index (Phi) is 7.60. The standard InChI is InChI=1S/C15H21NO5S3/c17-6-7-20-13-3-1-2-4-14(13)21-8-9-23-15(22)16-12-5-10-24(18,19)11-12/h1-4,12,17H,5-11H2,(H,16,22)/t12-/m1/s1. The number of ether oxygens (including phenoxy) is 2. The average molecular weight is 392 g/mol. The fourth-order valence-corrected chi connectivity index (χ4v) is 4.94. The molecule has 1 heterocycles. The molecule has 0 aliphatic carbocycles. The Balaban J connectivity index is 1.68. The van der Waals surface area contributed by atoms with Gasteiger partial charge in [0.05, 0.1) is 24.7 Å². The summed E-state index contributed by atoms with van der Waals surface area (Å²) >= 11 is 6.65. The Morgan fingerprint density at radius 1 is 1.29 bits per heavy atom. The van der Waals surface area contributed by atoms with Gasteiger partial charge in [0, 0.05) is 11.8 Å². The number of hydrogen-bond donors (Lipinski definition) is 2. The first-order valence-electron chi connectivity index (χ1n) is 7.59. The summed E-state index contributed by atoms with van der Waals surface area (Å²) in [5, 5.41) is 11.9. The van der Waals surface area contributed by atoms with Crippen molar-refractivity contribution in [2.75, 3.05) is 37.1 Å². The first kappa shape index (κ1) is 19.3. The van der Waals surface area contributed by atoms with E-state index in [1.165, 1.54) is 11.8 Å². The number of rotatable bonds is 8. The molecule has 1 aromatic rings. The average Bonchev–Trinajstić information content (AvgIpc) is 2.89. The predicted molar refractivity (Wildman–Crippen MR) is 99.8 cm³/mol. The second kappa shape index (κ2) is 9.45. The summed E-state index contributed by atoms with van der Waals surface area (Å²) in [6.45, 7) is 0.601. The molecule has 6 nitrogen and oxygen atoms in total. The summed E-state index contributed by atoms with van der Waals surface area (Å²) < 4.78 is 34.5. The number of thiocarbonyl (C=S) groups is 1. The molecule has 0 amide bonds. The van der Waals surface area contributed by atoms with Gasteiger partial charge in [-0.2, -0.15) is 0 Å². The highest BCUT2D eigenvalue weighted by Gasteiger charge is 2.28. The maximum atomic E-state index is 11.4. The lowest BCUT2D eigenvalue weighted by molar-refractivity contribution is 0.194. The fourth-order valence-electron chi connectivity index (χ4n) is 2.25. The molecule has 0 spiro atoms. The zero-order valence-corrected chi connectivity index (χ0v) is 15.6. The summed E-state index contributed by atoms with van der Waals surface area (Å²) in [6, 6.07) is 7.19. The van der Waals surface area contributed by atoms with Crippen LogP contribution in [-0.2, 0) is 9.84 Å². The van der Waals surface area contributed by atoms with Crippen LogP contribution in [0.1, 0.15) is 6.42 Å². The van der Waals surface area contributed by atoms with Crippen molar-refractivity contribution in [2.45, 2.75) is 12.5 Å². The van der Waals surface area contributed by atoms with Crippen LogP contribution in [0.2, 0.25) is 0 Å². The third kappa shape index (κ3) is 6.46. The lowest BCUT2D eigenvalue weighted by Gasteiger charge is -2.14. The van der Waals surface area contributed by atoms with Gasteiger partial charge < -0.3 is 19.9 Å². The summed E-state index contributed by atoms with van der Waals surface area (Å²) in [4.78, 5) is 0. The van der Waals surface area contributed by atoms with Crippen molar-refractivity contribution >= 4 is 38.1 Å². The topological polar surface area (TPSA) is 84.9 Å². The molecule has 2 rings (SSSR count). The van der Waals surface area contributed by atoms with E-state index in [0.717, 1.165) is 0 Å². The molecule has 0 unspecified atom stereocenters. The van der Waals surface area contributed by atoms with E-state index in [2.05, 4.69) is 5.32 Å². The van der Waals surface area contributed by atoms with E-state index in [0.29, 0.717) is 34.6 Å². The van der Waals surface area contributed by atoms with Crippen LogP contribution in [0, 0.1) is 0 Å². The van der Waals surface area contributed by atoms with E-state index in [-0.39, 0.29) is 30.8 Å². The highest BCUT2D eigenvalue weighted by Crippen LogP contribution is 2.26. The van der Waals surface area contributed by atoms with E-state index in [1.54, 1.807) is 12.1 Å². The molecule has 1 atom stereocenters. The highest BCUT2D eigenvalue weighted by atomic mass is 32.2. The first-order valence-corrected chi connectivity index (χ1v) is 10.8. The molecule has 0 radical (unpaired) electrons. The quantitative estimate of drug-likeness (QED) is 0.506. The van der Waals surface area contributed by atoms with Crippen LogP contribution in [0.25, 0.3) is 0 Å². The van der Waals surface area contributed by atoms with Crippen LogP contribution in [0.3, 0.4) is 0 Å². The smallest absolute Gasteiger partial charge is 0.161 e. The van der Waals surface area contributed by atoms with Crippen LogP contribution < -0.4 is 14.8 Å². The SMILES string of the molecule is O=S1(=O)CC[C@@H](NC(=S)SCCOc2ccccc2OCCO)C1. The monoisotopic (exact) mass is 391 g/mol. The Bertz CT molecular complexity index is 650. The van der Waals surface area contributed by atoms with Crippen molar-refractivity contribution in [1.82, 2.24) is 5.32 Å². The van der Waals surface area contributed by atoms with Gasteiger partial charge in [-0.25, -0.2) is 8.42 Å². The molecule has 0 bridgehead atoms. The van der Waals surface area contributed by atoms with E-state index in [9.17, 15) is 8.42 Å². The van der Waals surface area contributed by atoms with Gasteiger partial charge >= 0.3 is 0 Å². The van der Waals surface area contributed by atoms with Crippen LogP contribution in [-0.4, -0.2) is 61.0 Å². The van der Waals surface area contributed by atoms with Gasteiger partial charge in [0.25, 0.3) is 0 Å². The van der Waals surface area contributed by atoms with Crippen LogP contribution in [0.15, 0.2) is 24.3 Å². The van der Waals surface area contributed by atoms with Gasteiger partial charge in [-0.15, -0.1) is 0 Å². The number of nitrogens with one attached hydrogen (secondary N) is 1. The molecule has 1 fully saturated rings. The van der Waals surface area contributed by atoms with E-state index < -0.39 is 9.84 Å². The van der Waals surface area contributed by atoms with Gasteiger partial charge in [0.2, 0.25) is 0 Å². The Labute approximate surface area is 151 Å². The number of benzene rings is 1. The summed E-state index contributed by atoms with van der Waals surface area (Å²) in [5.41, 5.74) is 0. The number of para-hydroxylation sites is 2. The third-order valence-corrected chi connectivity index (χ3v) is 6.32. The minimum absolute atomic E-state index is 0.0546. The van der Waals surface area contributed by atoms with Crippen molar-refractivity contribution in [1.29, 1.82) is 0 Å². The molecular weight excluding hydrogens is 370 g/mol.